The zero-order valence-corrected chi connectivity index (χ0v) is 11.4. The molecule has 1 saturated heterocycles. The van der Waals surface area contributed by atoms with Crippen molar-refractivity contribution in [2.24, 2.45) is 0 Å². The van der Waals surface area contributed by atoms with Gasteiger partial charge in [0, 0.05) is 31.6 Å². The Morgan fingerprint density at radius 1 is 1.61 bits per heavy atom. The molecule has 18 heavy (non-hydrogen) atoms. The third-order valence-corrected chi connectivity index (χ3v) is 4.16. The summed E-state index contributed by atoms with van der Waals surface area (Å²) in [6, 6.07) is 0.333. The molecule has 100 valence electrons. The molecule has 0 spiro atoms. The maximum absolute atomic E-state index is 10.7. The van der Waals surface area contributed by atoms with Crippen LogP contribution in [0.15, 0.2) is 5.38 Å². The Morgan fingerprint density at radius 3 is 2.94 bits per heavy atom. The average Bonchev–Trinajstić information content (AvgIpc) is 2.79. The molecule has 2 N–H and O–H groups in total. The van der Waals surface area contributed by atoms with Crippen LogP contribution >= 0.6 is 11.3 Å². The van der Waals surface area contributed by atoms with Crippen molar-refractivity contribution < 1.29 is 9.90 Å². The molecule has 1 fully saturated rings. The van der Waals surface area contributed by atoms with Crippen molar-refractivity contribution in [3.05, 3.63) is 16.1 Å². The maximum atomic E-state index is 10.7. The third-order valence-electron chi connectivity index (χ3n) is 3.17. The molecule has 2 rings (SSSR count). The highest BCUT2D eigenvalue weighted by Gasteiger charge is 2.23. The molecule has 0 amide bonds. The first-order chi connectivity index (χ1) is 8.70. The maximum Gasteiger partial charge on any atom is 0.309 e. The van der Waals surface area contributed by atoms with Gasteiger partial charge in [0.15, 0.2) is 0 Å². The lowest BCUT2D eigenvalue weighted by Crippen LogP contribution is -2.45. The Morgan fingerprint density at radius 2 is 2.33 bits per heavy atom. The van der Waals surface area contributed by atoms with Gasteiger partial charge < -0.3 is 10.4 Å². The van der Waals surface area contributed by atoms with Gasteiger partial charge in [-0.05, 0) is 6.42 Å². The molecular formula is C12H19N3O2S. The lowest BCUT2D eigenvalue weighted by Gasteiger charge is -2.33. The molecule has 1 aliphatic rings. The quantitative estimate of drug-likeness (QED) is 0.839. The smallest absolute Gasteiger partial charge is 0.309 e. The SMILES string of the molecule is CCC(c1nc(CC(=O)O)cs1)N1CCNCC1. The van der Waals surface area contributed by atoms with E-state index in [0.29, 0.717) is 11.7 Å². The Balaban J connectivity index is 2.06. The first-order valence-corrected chi connectivity index (χ1v) is 7.19. The molecule has 0 aromatic carbocycles. The van der Waals surface area contributed by atoms with E-state index in [2.05, 4.69) is 22.1 Å². The summed E-state index contributed by atoms with van der Waals surface area (Å²) in [5.41, 5.74) is 0.677. The van der Waals surface area contributed by atoms with Crippen molar-refractivity contribution in [2.45, 2.75) is 25.8 Å². The number of nitrogens with one attached hydrogen (secondary N) is 1. The van der Waals surface area contributed by atoms with Crippen LogP contribution in [0.25, 0.3) is 0 Å². The van der Waals surface area contributed by atoms with Crippen LogP contribution in [0.4, 0.5) is 0 Å². The molecule has 6 heteroatoms. The van der Waals surface area contributed by atoms with Crippen molar-refractivity contribution in [2.75, 3.05) is 26.2 Å². The summed E-state index contributed by atoms with van der Waals surface area (Å²) in [7, 11) is 0. The number of piperazine rings is 1. The summed E-state index contributed by atoms with van der Waals surface area (Å²) in [4.78, 5) is 17.6. The van der Waals surface area contributed by atoms with E-state index < -0.39 is 5.97 Å². The van der Waals surface area contributed by atoms with E-state index in [-0.39, 0.29) is 6.42 Å². The molecule has 0 bridgehead atoms. The molecule has 1 aliphatic heterocycles. The van der Waals surface area contributed by atoms with Crippen molar-refractivity contribution >= 4 is 17.3 Å². The molecule has 1 unspecified atom stereocenters. The summed E-state index contributed by atoms with van der Waals surface area (Å²) in [5.74, 6) is -0.818. The van der Waals surface area contributed by atoms with E-state index in [1.54, 1.807) is 11.3 Å². The van der Waals surface area contributed by atoms with Gasteiger partial charge in [-0.1, -0.05) is 6.92 Å². The van der Waals surface area contributed by atoms with Gasteiger partial charge in [0.05, 0.1) is 18.2 Å². The summed E-state index contributed by atoms with van der Waals surface area (Å²) >= 11 is 1.58. The molecule has 1 aromatic rings. The van der Waals surface area contributed by atoms with Crippen molar-refractivity contribution in [3.63, 3.8) is 0 Å². The number of carboxylic acids is 1. The zero-order chi connectivity index (χ0) is 13.0. The summed E-state index contributed by atoms with van der Waals surface area (Å²) in [6.07, 6.45) is 1.04. The van der Waals surface area contributed by atoms with Gasteiger partial charge in [-0.2, -0.15) is 0 Å². The molecule has 0 radical (unpaired) electrons. The summed E-state index contributed by atoms with van der Waals surface area (Å²) in [6.45, 7) is 6.26. The fourth-order valence-electron chi connectivity index (χ4n) is 2.29. The van der Waals surface area contributed by atoms with Gasteiger partial charge in [0.25, 0.3) is 0 Å². The minimum Gasteiger partial charge on any atom is -0.481 e. The first-order valence-electron chi connectivity index (χ1n) is 6.31. The van der Waals surface area contributed by atoms with Gasteiger partial charge in [0.2, 0.25) is 0 Å². The fourth-order valence-corrected chi connectivity index (χ4v) is 3.33. The normalized spacial score (nSPS) is 18.7. The number of hydrogen-bond acceptors (Lipinski definition) is 5. The minimum atomic E-state index is -0.818. The Labute approximate surface area is 111 Å². The largest absolute Gasteiger partial charge is 0.481 e. The lowest BCUT2D eigenvalue weighted by molar-refractivity contribution is -0.136. The second-order valence-corrected chi connectivity index (χ2v) is 5.35. The van der Waals surface area contributed by atoms with E-state index in [4.69, 9.17) is 5.11 Å². The molecule has 0 aliphatic carbocycles. The van der Waals surface area contributed by atoms with E-state index in [1.165, 1.54) is 0 Å². The number of thiazole rings is 1. The zero-order valence-electron chi connectivity index (χ0n) is 10.6. The molecule has 0 saturated carbocycles. The van der Waals surface area contributed by atoms with Crippen molar-refractivity contribution in [1.82, 2.24) is 15.2 Å². The van der Waals surface area contributed by atoms with Crippen molar-refractivity contribution in [1.29, 1.82) is 0 Å². The minimum absolute atomic E-state index is 0.0223. The van der Waals surface area contributed by atoms with Crippen LogP contribution in [0.2, 0.25) is 0 Å². The second-order valence-electron chi connectivity index (χ2n) is 4.46. The van der Waals surface area contributed by atoms with Crippen LogP contribution in [0, 0.1) is 0 Å². The second kappa shape index (κ2) is 6.26. The van der Waals surface area contributed by atoms with Crippen LogP contribution in [0.1, 0.15) is 30.1 Å². The van der Waals surface area contributed by atoms with Gasteiger partial charge >= 0.3 is 5.97 Å². The van der Waals surface area contributed by atoms with E-state index in [0.717, 1.165) is 37.6 Å². The lowest BCUT2D eigenvalue weighted by atomic mass is 10.2. The van der Waals surface area contributed by atoms with Gasteiger partial charge in [-0.25, -0.2) is 4.98 Å². The number of hydrogen-bond donors (Lipinski definition) is 2. The Kier molecular flexibility index (Phi) is 4.68. The highest BCUT2D eigenvalue weighted by molar-refractivity contribution is 7.09. The van der Waals surface area contributed by atoms with Crippen LogP contribution < -0.4 is 5.32 Å². The van der Waals surface area contributed by atoms with Gasteiger partial charge in [0.1, 0.15) is 5.01 Å². The topological polar surface area (TPSA) is 65.5 Å². The van der Waals surface area contributed by atoms with Gasteiger partial charge in [-0.3, -0.25) is 9.69 Å². The predicted molar refractivity (Wildman–Crippen MR) is 70.9 cm³/mol. The number of rotatable bonds is 5. The van der Waals surface area contributed by atoms with Crippen molar-refractivity contribution in [3.8, 4) is 0 Å². The first kappa shape index (κ1) is 13.5. The predicted octanol–water partition coefficient (Wildman–Crippen LogP) is 1.13. The number of aromatic nitrogens is 1. The van der Waals surface area contributed by atoms with E-state index in [9.17, 15) is 4.79 Å². The van der Waals surface area contributed by atoms with Crippen LogP contribution in [-0.4, -0.2) is 47.1 Å². The highest BCUT2D eigenvalue weighted by Crippen LogP contribution is 2.27. The molecular weight excluding hydrogens is 250 g/mol. The fraction of sp³-hybridized carbons (Fsp3) is 0.667. The molecule has 2 heterocycles. The summed E-state index contributed by atoms with van der Waals surface area (Å²) in [5, 5.41) is 15.0. The number of nitrogens with zero attached hydrogens (tertiary/aromatic N) is 2. The Bertz CT molecular complexity index is 402. The van der Waals surface area contributed by atoms with Crippen LogP contribution in [0.3, 0.4) is 0 Å². The number of aliphatic carboxylic acids is 1. The molecule has 1 atom stereocenters. The Hall–Kier alpha value is -0.980. The molecule has 1 aromatic heterocycles. The third kappa shape index (κ3) is 3.28. The average molecular weight is 269 g/mol. The highest BCUT2D eigenvalue weighted by atomic mass is 32.1. The number of carbonyl (C=O) groups is 1. The standard InChI is InChI=1S/C12H19N3O2S/c1-2-10(15-5-3-13-4-6-15)12-14-9(8-18-12)7-11(16)17/h8,10,13H,2-7H2,1H3,(H,16,17). The van der Waals surface area contributed by atoms with E-state index in [1.807, 2.05) is 5.38 Å². The van der Waals surface area contributed by atoms with E-state index >= 15 is 0 Å². The van der Waals surface area contributed by atoms with Gasteiger partial charge in [-0.15, -0.1) is 11.3 Å². The summed E-state index contributed by atoms with van der Waals surface area (Å²) < 4.78 is 0. The van der Waals surface area contributed by atoms with Crippen LogP contribution in [0.5, 0.6) is 0 Å². The monoisotopic (exact) mass is 269 g/mol. The number of carboxylic acid groups (broad SMARTS) is 1. The molecule has 5 nitrogen and oxygen atoms in total. The van der Waals surface area contributed by atoms with Crippen LogP contribution in [-0.2, 0) is 11.2 Å².